The quantitative estimate of drug-likeness (QED) is 0.220. The van der Waals surface area contributed by atoms with E-state index in [1.54, 1.807) is 12.1 Å². The number of nitrogens with one attached hydrogen (secondary N) is 2. The molecular weight excluding hydrogens is 457 g/mol. The Bertz CT molecular complexity index is 696. The standard InChI is InChI=1S/C20H27N3O3.HI/c1-3-21-20(22-11-12-26-15-16-7-5-4-6-8-16)23-14-17-9-10-19(25-2)18(24)13-17;/h4-10,13,24H,3,11-12,14-15H2,1-2H3,(H2,21,22,23);1H. The SMILES string of the molecule is CCNC(=NCc1ccc(OC)c(O)c1)NCCOCc1ccccc1.I. The third-order valence-corrected chi connectivity index (χ3v) is 3.66. The van der Waals surface area contributed by atoms with Crippen LogP contribution in [0.2, 0.25) is 0 Å². The van der Waals surface area contributed by atoms with Crippen LogP contribution in [0.25, 0.3) is 0 Å². The largest absolute Gasteiger partial charge is 0.504 e. The topological polar surface area (TPSA) is 75.1 Å². The molecule has 0 unspecified atom stereocenters. The van der Waals surface area contributed by atoms with Crippen molar-refractivity contribution in [3.8, 4) is 11.5 Å². The van der Waals surface area contributed by atoms with Crippen molar-refractivity contribution in [3.05, 3.63) is 59.7 Å². The molecule has 0 atom stereocenters. The minimum absolute atomic E-state index is 0. The molecule has 0 fully saturated rings. The molecule has 0 aliphatic heterocycles. The van der Waals surface area contributed by atoms with Gasteiger partial charge in [0.2, 0.25) is 0 Å². The lowest BCUT2D eigenvalue weighted by Crippen LogP contribution is -2.38. The zero-order chi connectivity index (χ0) is 18.6. The van der Waals surface area contributed by atoms with Crippen molar-refractivity contribution >= 4 is 29.9 Å². The van der Waals surface area contributed by atoms with Gasteiger partial charge in [0, 0.05) is 13.1 Å². The van der Waals surface area contributed by atoms with Crippen molar-refractivity contribution in [2.75, 3.05) is 26.8 Å². The summed E-state index contributed by atoms with van der Waals surface area (Å²) in [4.78, 5) is 4.52. The molecule has 0 heterocycles. The van der Waals surface area contributed by atoms with E-state index in [-0.39, 0.29) is 29.7 Å². The van der Waals surface area contributed by atoms with E-state index in [2.05, 4.69) is 15.6 Å². The van der Waals surface area contributed by atoms with Gasteiger partial charge in [-0.15, -0.1) is 24.0 Å². The molecule has 0 aliphatic rings. The monoisotopic (exact) mass is 485 g/mol. The highest BCUT2D eigenvalue weighted by molar-refractivity contribution is 14.0. The van der Waals surface area contributed by atoms with Crippen molar-refractivity contribution in [1.82, 2.24) is 10.6 Å². The lowest BCUT2D eigenvalue weighted by molar-refractivity contribution is 0.125. The minimum Gasteiger partial charge on any atom is -0.504 e. The Morgan fingerprint density at radius 1 is 1.07 bits per heavy atom. The van der Waals surface area contributed by atoms with Crippen LogP contribution in [0.3, 0.4) is 0 Å². The van der Waals surface area contributed by atoms with Crippen molar-refractivity contribution in [2.24, 2.45) is 4.99 Å². The second kappa shape index (κ2) is 13.2. The molecule has 2 rings (SSSR count). The van der Waals surface area contributed by atoms with Crippen molar-refractivity contribution < 1.29 is 14.6 Å². The van der Waals surface area contributed by atoms with E-state index in [1.807, 2.05) is 43.3 Å². The zero-order valence-electron chi connectivity index (χ0n) is 15.8. The average Bonchev–Trinajstić information content (AvgIpc) is 2.66. The normalized spacial score (nSPS) is 10.8. The summed E-state index contributed by atoms with van der Waals surface area (Å²) in [7, 11) is 1.53. The molecule has 0 spiro atoms. The number of aromatic hydroxyl groups is 1. The molecule has 0 aromatic heterocycles. The van der Waals surface area contributed by atoms with Gasteiger partial charge in [-0.1, -0.05) is 36.4 Å². The smallest absolute Gasteiger partial charge is 0.191 e. The summed E-state index contributed by atoms with van der Waals surface area (Å²) in [5, 5.41) is 16.3. The van der Waals surface area contributed by atoms with Gasteiger partial charge in [0.25, 0.3) is 0 Å². The van der Waals surface area contributed by atoms with Gasteiger partial charge in [0.05, 0.1) is 26.9 Å². The van der Waals surface area contributed by atoms with E-state index in [0.717, 1.165) is 17.7 Å². The second-order valence-electron chi connectivity index (χ2n) is 5.67. The number of methoxy groups -OCH3 is 1. The summed E-state index contributed by atoms with van der Waals surface area (Å²) in [5.74, 6) is 1.29. The van der Waals surface area contributed by atoms with Crippen LogP contribution in [-0.4, -0.2) is 37.9 Å². The third-order valence-electron chi connectivity index (χ3n) is 3.66. The number of phenolic OH excluding ortho intramolecular Hbond substituents is 1. The summed E-state index contributed by atoms with van der Waals surface area (Å²) in [5.41, 5.74) is 2.06. The Balaban J connectivity index is 0.00000364. The van der Waals surface area contributed by atoms with Gasteiger partial charge >= 0.3 is 0 Å². The number of ether oxygens (including phenoxy) is 2. The van der Waals surface area contributed by atoms with Crippen LogP contribution < -0.4 is 15.4 Å². The Hall–Kier alpha value is -2.00. The highest BCUT2D eigenvalue weighted by Gasteiger charge is 2.03. The molecule has 27 heavy (non-hydrogen) atoms. The van der Waals surface area contributed by atoms with Crippen LogP contribution in [0.1, 0.15) is 18.1 Å². The Morgan fingerprint density at radius 3 is 2.52 bits per heavy atom. The summed E-state index contributed by atoms with van der Waals surface area (Å²) >= 11 is 0. The highest BCUT2D eigenvalue weighted by Crippen LogP contribution is 2.26. The molecule has 0 aliphatic carbocycles. The molecule has 2 aromatic rings. The number of phenols is 1. The fraction of sp³-hybridized carbons (Fsp3) is 0.350. The van der Waals surface area contributed by atoms with E-state index in [1.165, 1.54) is 7.11 Å². The number of nitrogens with zero attached hydrogens (tertiary/aromatic N) is 1. The van der Waals surface area contributed by atoms with Crippen LogP contribution in [-0.2, 0) is 17.9 Å². The van der Waals surface area contributed by atoms with Crippen LogP contribution in [0.5, 0.6) is 11.5 Å². The lowest BCUT2D eigenvalue weighted by Gasteiger charge is -2.12. The number of aliphatic imine (C=N–C) groups is 1. The summed E-state index contributed by atoms with van der Waals surface area (Å²) in [6, 6.07) is 15.4. The van der Waals surface area contributed by atoms with Crippen molar-refractivity contribution in [2.45, 2.75) is 20.1 Å². The van der Waals surface area contributed by atoms with E-state index < -0.39 is 0 Å². The van der Waals surface area contributed by atoms with Crippen molar-refractivity contribution in [3.63, 3.8) is 0 Å². The molecule has 0 saturated carbocycles. The van der Waals surface area contributed by atoms with E-state index >= 15 is 0 Å². The van der Waals surface area contributed by atoms with Gasteiger partial charge in [0.15, 0.2) is 17.5 Å². The molecule has 6 nitrogen and oxygen atoms in total. The summed E-state index contributed by atoms with van der Waals surface area (Å²) < 4.78 is 10.7. The van der Waals surface area contributed by atoms with Crippen LogP contribution in [0.4, 0.5) is 0 Å². The van der Waals surface area contributed by atoms with Gasteiger partial charge in [-0.05, 0) is 30.2 Å². The first kappa shape index (κ1) is 23.0. The first-order chi connectivity index (χ1) is 12.7. The highest BCUT2D eigenvalue weighted by atomic mass is 127. The fourth-order valence-corrected chi connectivity index (χ4v) is 2.35. The Morgan fingerprint density at radius 2 is 1.85 bits per heavy atom. The summed E-state index contributed by atoms with van der Waals surface area (Å²) in [6.45, 7) is 5.08. The second-order valence-corrected chi connectivity index (χ2v) is 5.67. The van der Waals surface area contributed by atoms with Crippen LogP contribution in [0.15, 0.2) is 53.5 Å². The molecule has 0 saturated heterocycles. The predicted molar refractivity (Wildman–Crippen MR) is 119 cm³/mol. The number of hydrogen-bond donors (Lipinski definition) is 3. The molecule has 0 bridgehead atoms. The van der Waals surface area contributed by atoms with Gasteiger partial charge in [-0.3, -0.25) is 0 Å². The maximum Gasteiger partial charge on any atom is 0.191 e. The molecule has 0 radical (unpaired) electrons. The number of guanidine groups is 1. The third kappa shape index (κ3) is 8.49. The number of rotatable bonds is 9. The fourth-order valence-electron chi connectivity index (χ4n) is 2.35. The summed E-state index contributed by atoms with van der Waals surface area (Å²) in [6.07, 6.45) is 0. The van der Waals surface area contributed by atoms with Crippen LogP contribution in [0, 0.1) is 0 Å². The van der Waals surface area contributed by atoms with E-state index in [4.69, 9.17) is 9.47 Å². The lowest BCUT2D eigenvalue weighted by atomic mass is 10.2. The zero-order valence-corrected chi connectivity index (χ0v) is 18.1. The molecular formula is C20H28IN3O3. The Kier molecular flexibility index (Phi) is 11.3. The minimum atomic E-state index is 0. The van der Waals surface area contributed by atoms with Gasteiger partial charge in [0.1, 0.15) is 0 Å². The average molecular weight is 485 g/mol. The Labute approximate surface area is 178 Å². The molecule has 148 valence electrons. The molecule has 0 amide bonds. The van der Waals surface area contributed by atoms with E-state index in [0.29, 0.717) is 38.0 Å². The van der Waals surface area contributed by atoms with Gasteiger partial charge in [-0.25, -0.2) is 4.99 Å². The predicted octanol–water partition coefficient (Wildman–Crippen LogP) is 3.29. The van der Waals surface area contributed by atoms with E-state index in [9.17, 15) is 5.11 Å². The molecule has 7 heteroatoms. The van der Waals surface area contributed by atoms with Gasteiger partial charge < -0.3 is 25.2 Å². The maximum atomic E-state index is 9.83. The molecule has 3 N–H and O–H groups in total. The van der Waals surface area contributed by atoms with Crippen molar-refractivity contribution in [1.29, 1.82) is 0 Å². The first-order valence-electron chi connectivity index (χ1n) is 8.72. The molecule has 2 aromatic carbocycles. The number of hydrogen-bond acceptors (Lipinski definition) is 4. The van der Waals surface area contributed by atoms with Gasteiger partial charge in [-0.2, -0.15) is 0 Å². The maximum absolute atomic E-state index is 9.83. The first-order valence-corrected chi connectivity index (χ1v) is 8.72. The number of halogens is 1. The van der Waals surface area contributed by atoms with Crippen LogP contribution >= 0.6 is 24.0 Å². The number of benzene rings is 2.